The van der Waals surface area contributed by atoms with Crippen LogP contribution in [-0.4, -0.2) is 32.1 Å². The van der Waals surface area contributed by atoms with Crippen LogP contribution < -0.4 is 10.1 Å². The van der Waals surface area contributed by atoms with Gasteiger partial charge in [0.05, 0.1) is 19.8 Å². The summed E-state index contributed by atoms with van der Waals surface area (Å²) in [6, 6.07) is 11.4. The molecule has 1 aromatic heterocycles. The molecular formula is C21H20FNO5. The molecule has 0 atom stereocenters. The van der Waals surface area contributed by atoms with Gasteiger partial charge in [-0.05, 0) is 36.2 Å². The van der Waals surface area contributed by atoms with Crippen molar-refractivity contribution in [2.24, 2.45) is 0 Å². The second kappa shape index (κ2) is 9.03. The van der Waals surface area contributed by atoms with Crippen molar-refractivity contribution in [3.05, 3.63) is 65.7 Å². The average Bonchev–Trinajstić information content (AvgIpc) is 3.09. The van der Waals surface area contributed by atoms with E-state index >= 15 is 0 Å². The number of furan rings is 1. The molecule has 0 fully saturated rings. The molecule has 28 heavy (non-hydrogen) atoms. The molecule has 0 unspecified atom stereocenters. The summed E-state index contributed by atoms with van der Waals surface area (Å²) in [6.07, 6.45) is 2.06. The fourth-order valence-electron chi connectivity index (χ4n) is 2.73. The summed E-state index contributed by atoms with van der Waals surface area (Å²) < 4.78 is 28.4. The molecule has 1 N–H and O–H groups in total. The van der Waals surface area contributed by atoms with Gasteiger partial charge in [-0.1, -0.05) is 12.1 Å². The predicted molar refractivity (Wildman–Crippen MR) is 101 cm³/mol. The first kappa shape index (κ1) is 19.4. The first-order valence-corrected chi connectivity index (χ1v) is 8.76. The van der Waals surface area contributed by atoms with Gasteiger partial charge in [-0.3, -0.25) is 9.59 Å². The van der Waals surface area contributed by atoms with Crippen LogP contribution in [0.3, 0.4) is 0 Å². The van der Waals surface area contributed by atoms with Crippen molar-refractivity contribution in [2.45, 2.75) is 12.8 Å². The Bertz CT molecular complexity index is 965. The zero-order chi connectivity index (χ0) is 19.9. The summed E-state index contributed by atoms with van der Waals surface area (Å²) in [5, 5.41) is 3.45. The first-order chi connectivity index (χ1) is 13.5. The maximum absolute atomic E-state index is 12.8. The predicted octanol–water partition coefficient (Wildman–Crippen LogP) is 3.03. The zero-order valence-electron chi connectivity index (χ0n) is 15.4. The molecule has 0 saturated carbocycles. The number of halogens is 1. The number of amides is 1. The molecule has 146 valence electrons. The number of rotatable bonds is 8. The van der Waals surface area contributed by atoms with Gasteiger partial charge in [-0.2, -0.15) is 0 Å². The molecular weight excluding hydrogens is 365 g/mol. The summed E-state index contributed by atoms with van der Waals surface area (Å²) >= 11 is 0. The number of hydrogen-bond donors (Lipinski definition) is 1. The smallest absolute Gasteiger partial charge is 0.310 e. The third-order valence-electron chi connectivity index (χ3n) is 4.21. The SMILES string of the molecule is COc1ccc2c(CC(=O)OCC(=O)NCCc3ccc(F)cc3)coc2c1. The Balaban J connectivity index is 1.42. The molecule has 0 aliphatic heterocycles. The molecule has 7 heteroatoms. The molecule has 0 bridgehead atoms. The normalized spacial score (nSPS) is 10.6. The Hall–Kier alpha value is -3.35. The lowest BCUT2D eigenvalue weighted by atomic mass is 10.1. The van der Waals surface area contributed by atoms with E-state index in [0.717, 1.165) is 10.9 Å². The van der Waals surface area contributed by atoms with Crippen molar-refractivity contribution in [1.29, 1.82) is 0 Å². The van der Waals surface area contributed by atoms with Crippen molar-refractivity contribution in [1.82, 2.24) is 5.32 Å². The lowest BCUT2D eigenvalue weighted by Gasteiger charge is -2.07. The fourth-order valence-corrected chi connectivity index (χ4v) is 2.73. The van der Waals surface area contributed by atoms with Crippen molar-refractivity contribution >= 4 is 22.8 Å². The number of nitrogens with one attached hydrogen (secondary N) is 1. The summed E-state index contributed by atoms with van der Waals surface area (Å²) in [6.45, 7) is 0.0159. The molecule has 3 rings (SSSR count). The molecule has 0 radical (unpaired) electrons. The Morgan fingerprint density at radius 1 is 1.14 bits per heavy atom. The highest BCUT2D eigenvalue weighted by Crippen LogP contribution is 2.26. The highest BCUT2D eigenvalue weighted by Gasteiger charge is 2.13. The van der Waals surface area contributed by atoms with Gasteiger partial charge in [-0.15, -0.1) is 0 Å². The van der Waals surface area contributed by atoms with E-state index in [0.29, 0.717) is 29.9 Å². The van der Waals surface area contributed by atoms with E-state index < -0.39 is 11.9 Å². The van der Waals surface area contributed by atoms with E-state index in [1.54, 1.807) is 31.4 Å². The topological polar surface area (TPSA) is 77.8 Å². The number of carbonyl (C=O) groups is 2. The standard InChI is InChI=1S/C21H20FNO5/c1-26-17-6-7-18-15(12-27-19(18)11-17)10-21(25)28-13-20(24)23-9-8-14-2-4-16(22)5-3-14/h2-7,11-12H,8-10,13H2,1H3,(H,23,24). The van der Waals surface area contributed by atoms with Crippen LogP contribution in [-0.2, 0) is 27.2 Å². The second-order valence-corrected chi connectivity index (χ2v) is 6.19. The van der Waals surface area contributed by atoms with Crippen molar-refractivity contribution in [3.63, 3.8) is 0 Å². The van der Waals surface area contributed by atoms with E-state index in [1.807, 2.05) is 6.07 Å². The van der Waals surface area contributed by atoms with E-state index in [4.69, 9.17) is 13.9 Å². The average molecular weight is 385 g/mol. The molecule has 0 spiro atoms. The largest absolute Gasteiger partial charge is 0.497 e. The number of esters is 1. The van der Waals surface area contributed by atoms with Gasteiger partial charge < -0.3 is 19.2 Å². The van der Waals surface area contributed by atoms with Crippen LogP contribution in [0.5, 0.6) is 5.75 Å². The Morgan fingerprint density at radius 2 is 1.93 bits per heavy atom. The minimum atomic E-state index is -0.521. The van der Waals surface area contributed by atoms with Gasteiger partial charge in [0.25, 0.3) is 5.91 Å². The zero-order valence-corrected chi connectivity index (χ0v) is 15.4. The molecule has 0 aliphatic carbocycles. The Labute approximate surface area is 161 Å². The van der Waals surface area contributed by atoms with Crippen LogP contribution in [0.2, 0.25) is 0 Å². The van der Waals surface area contributed by atoms with Gasteiger partial charge in [0.1, 0.15) is 17.1 Å². The summed E-state index contributed by atoms with van der Waals surface area (Å²) in [5.74, 6) is -0.554. The minimum Gasteiger partial charge on any atom is -0.497 e. The lowest BCUT2D eigenvalue weighted by molar-refractivity contribution is -0.147. The third kappa shape index (κ3) is 5.09. The van der Waals surface area contributed by atoms with E-state index in [1.165, 1.54) is 18.4 Å². The van der Waals surface area contributed by atoms with Crippen molar-refractivity contribution in [2.75, 3.05) is 20.3 Å². The number of methoxy groups -OCH3 is 1. The van der Waals surface area contributed by atoms with E-state index in [9.17, 15) is 14.0 Å². The third-order valence-corrected chi connectivity index (χ3v) is 4.21. The molecule has 0 saturated heterocycles. The van der Waals surface area contributed by atoms with Crippen LogP contribution in [0.25, 0.3) is 11.0 Å². The summed E-state index contributed by atoms with van der Waals surface area (Å²) in [5.41, 5.74) is 2.20. The number of carbonyl (C=O) groups excluding carboxylic acids is 2. The van der Waals surface area contributed by atoms with Crippen molar-refractivity contribution in [3.8, 4) is 5.75 Å². The van der Waals surface area contributed by atoms with Crippen molar-refractivity contribution < 1.29 is 27.9 Å². The van der Waals surface area contributed by atoms with Gasteiger partial charge in [0.15, 0.2) is 6.61 Å². The fraction of sp³-hybridized carbons (Fsp3) is 0.238. The van der Waals surface area contributed by atoms with Gasteiger partial charge >= 0.3 is 5.97 Å². The van der Waals surface area contributed by atoms with Gasteiger partial charge in [0.2, 0.25) is 0 Å². The highest BCUT2D eigenvalue weighted by atomic mass is 19.1. The Kier molecular flexibility index (Phi) is 6.26. The van der Waals surface area contributed by atoms with Gasteiger partial charge in [-0.25, -0.2) is 4.39 Å². The Morgan fingerprint density at radius 3 is 2.68 bits per heavy atom. The van der Waals surface area contributed by atoms with E-state index in [2.05, 4.69) is 5.32 Å². The number of ether oxygens (including phenoxy) is 2. The lowest BCUT2D eigenvalue weighted by Crippen LogP contribution is -2.30. The molecule has 1 heterocycles. The highest BCUT2D eigenvalue weighted by molar-refractivity contribution is 5.87. The van der Waals surface area contributed by atoms with Crippen LogP contribution >= 0.6 is 0 Å². The number of fused-ring (bicyclic) bond motifs is 1. The van der Waals surface area contributed by atoms with Crippen LogP contribution in [0, 0.1) is 5.82 Å². The van der Waals surface area contributed by atoms with Gasteiger partial charge in [0, 0.05) is 23.6 Å². The number of hydrogen-bond acceptors (Lipinski definition) is 5. The molecule has 0 aliphatic rings. The first-order valence-electron chi connectivity index (χ1n) is 8.76. The molecule has 3 aromatic rings. The monoisotopic (exact) mass is 385 g/mol. The van der Waals surface area contributed by atoms with Crippen LogP contribution in [0.1, 0.15) is 11.1 Å². The van der Waals surface area contributed by atoms with Crippen LogP contribution in [0.4, 0.5) is 4.39 Å². The minimum absolute atomic E-state index is 0.00217. The van der Waals surface area contributed by atoms with E-state index in [-0.39, 0.29) is 18.8 Å². The molecule has 2 aromatic carbocycles. The molecule has 6 nitrogen and oxygen atoms in total. The summed E-state index contributed by atoms with van der Waals surface area (Å²) in [7, 11) is 1.56. The number of benzene rings is 2. The molecule has 1 amide bonds. The van der Waals surface area contributed by atoms with Crippen LogP contribution in [0.15, 0.2) is 53.1 Å². The quantitative estimate of drug-likeness (QED) is 0.603. The maximum Gasteiger partial charge on any atom is 0.310 e. The maximum atomic E-state index is 12.8. The summed E-state index contributed by atoms with van der Waals surface area (Å²) in [4.78, 5) is 23.8. The second-order valence-electron chi connectivity index (χ2n) is 6.19.